The lowest BCUT2D eigenvalue weighted by molar-refractivity contribution is -0.139. The summed E-state index contributed by atoms with van der Waals surface area (Å²) in [6, 6.07) is 3.42. The standard InChI is InChI=1S/C11H13ClN2O4/c1-18-5-9(11(16)17)14-8-3-2-6(12)4-7(8)10(13)15/h2-4,9,14H,5H2,1H3,(H2,13,15)(H,16,17). The maximum absolute atomic E-state index is 11.2. The van der Waals surface area contributed by atoms with E-state index in [1.54, 1.807) is 0 Å². The van der Waals surface area contributed by atoms with E-state index in [-0.39, 0.29) is 12.2 Å². The van der Waals surface area contributed by atoms with Gasteiger partial charge in [0.2, 0.25) is 0 Å². The molecule has 98 valence electrons. The highest BCUT2D eigenvalue weighted by atomic mass is 35.5. The Balaban J connectivity index is 3.01. The fourth-order valence-electron chi connectivity index (χ4n) is 1.38. The Morgan fingerprint density at radius 3 is 2.72 bits per heavy atom. The quantitative estimate of drug-likeness (QED) is 0.716. The molecule has 1 aromatic carbocycles. The number of carbonyl (C=O) groups excluding carboxylic acids is 1. The Morgan fingerprint density at radius 1 is 1.56 bits per heavy atom. The summed E-state index contributed by atoms with van der Waals surface area (Å²) in [6.07, 6.45) is 0. The SMILES string of the molecule is COCC(Nc1ccc(Cl)cc1C(N)=O)C(=O)O. The number of halogens is 1. The van der Waals surface area contributed by atoms with E-state index >= 15 is 0 Å². The van der Waals surface area contributed by atoms with Crippen molar-refractivity contribution in [1.29, 1.82) is 0 Å². The number of primary amides is 1. The molecular weight excluding hydrogens is 260 g/mol. The number of amides is 1. The molecule has 0 aliphatic heterocycles. The number of methoxy groups -OCH3 is 1. The Labute approximate surface area is 109 Å². The first-order chi connectivity index (χ1) is 8.45. The van der Waals surface area contributed by atoms with Crippen molar-refractivity contribution in [3.63, 3.8) is 0 Å². The van der Waals surface area contributed by atoms with E-state index in [0.29, 0.717) is 10.7 Å². The van der Waals surface area contributed by atoms with Crippen LogP contribution in [0.4, 0.5) is 5.69 Å². The lowest BCUT2D eigenvalue weighted by Crippen LogP contribution is -2.34. The van der Waals surface area contributed by atoms with E-state index < -0.39 is 17.9 Å². The van der Waals surface area contributed by atoms with Crippen molar-refractivity contribution >= 4 is 29.2 Å². The van der Waals surface area contributed by atoms with Gasteiger partial charge >= 0.3 is 5.97 Å². The largest absolute Gasteiger partial charge is 0.480 e. The van der Waals surface area contributed by atoms with Crippen molar-refractivity contribution in [3.05, 3.63) is 28.8 Å². The fraction of sp³-hybridized carbons (Fsp3) is 0.273. The molecule has 0 fully saturated rings. The predicted octanol–water partition coefficient (Wildman–Crippen LogP) is 0.950. The first-order valence-corrected chi connectivity index (χ1v) is 5.41. The van der Waals surface area contributed by atoms with Crippen LogP contribution in [0.5, 0.6) is 0 Å². The van der Waals surface area contributed by atoms with Crippen molar-refractivity contribution < 1.29 is 19.4 Å². The van der Waals surface area contributed by atoms with E-state index in [9.17, 15) is 9.59 Å². The van der Waals surface area contributed by atoms with E-state index in [1.165, 1.54) is 25.3 Å². The molecule has 4 N–H and O–H groups in total. The highest BCUT2D eigenvalue weighted by molar-refractivity contribution is 6.31. The predicted molar refractivity (Wildman–Crippen MR) is 66.9 cm³/mol. The number of hydrogen-bond acceptors (Lipinski definition) is 4. The maximum Gasteiger partial charge on any atom is 0.328 e. The molecule has 0 saturated carbocycles. The highest BCUT2D eigenvalue weighted by Crippen LogP contribution is 2.21. The molecule has 0 aliphatic rings. The van der Waals surface area contributed by atoms with Gasteiger partial charge < -0.3 is 20.9 Å². The van der Waals surface area contributed by atoms with Gasteiger partial charge in [0.05, 0.1) is 12.2 Å². The Hall–Kier alpha value is -1.79. The Bertz CT molecular complexity index is 464. The summed E-state index contributed by atoms with van der Waals surface area (Å²) < 4.78 is 4.78. The van der Waals surface area contributed by atoms with Gasteiger partial charge in [-0.15, -0.1) is 0 Å². The van der Waals surface area contributed by atoms with Crippen LogP contribution in [-0.4, -0.2) is 36.7 Å². The van der Waals surface area contributed by atoms with E-state index in [0.717, 1.165) is 0 Å². The number of anilines is 1. The molecule has 18 heavy (non-hydrogen) atoms. The summed E-state index contributed by atoms with van der Waals surface area (Å²) in [5.74, 6) is -1.79. The van der Waals surface area contributed by atoms with Gasteiger partial charge in [-0.1, -0.05) is 11.6 Å². The van der Waals surface area contributed by atoms with Gasteiger partial charge in [0, 0.05) is 17.8 Å². The van der Waals surface area contributed by atoms with Gasteiger partial charge in [-0.3, -0.25) is 4.79 Å². The van der Waals surface area contributed by atoms with E-state index in [1.807, 2.05) is 0 Å². The molecule has 1 rings (SSSR count). The third-order valence-electron chi connectivity index (χ3n) is 2.21. The van der Waals surface area contributed by atoms with Crippen molar-refractivity contribution in [2.24, 2.45) is 5.73 Å². The van der Waals surface area contributed by atoms with Crippen LogP contribution in [0, 0.1) is 0 Å². The van der Waals surface area contributed by atoms with Crippen LogP contribution in [0.1, 0.15) is 10.4 Å². The Morgan fingerprint density at radius 2 is 2.22 bits per heavy atom. The molecule has 0 aromatic heterocycles. The monoisotopic (exact) mass is 272 g/mol. The smallest absolute Gasteiger partial charge is 0.328 e. The summed E-state index contributed by atoms with van der Waals surface area (Å²) in [4.78, 5) is 22.2. The average molecular weight is 273 g/mol. The highest BCUT2D eigenvalue weighted by Gasteiger charge is 2.19. The van der Waals surface area contributed by atoms with Gasteiger partial charge in [-0.25, -0.2) is 4.79 Å². The zero-order valence-electron chi connectivity index (χ0n) is 9.64. The third kappa shape index (κ3) is 3.61. The third-order valence-corrected chi connectivity index (χ3v) is 2.44. The van der Waals surface area contributed by atoms with Crippen LogP contribution < -0.4 is 11.1 Å². The first-order valence-electron chi connectivity index (χ1n) is 5.03. The average Bonchev–Trinajstić information content (AvgIpc) is 2.30. The van der Waals surface area contributed by atoms with Gasteiger partial charge in [0.1, 0.15) is 6.04 Å². The number of carboxylic acid groups (broad SMARTS) is 1. The molecule has 0 bridgehead atoms. The van der Waals surface area contributed by atoms with Crippen molar-refractivity contribution in [2.75, 3.05) is 19.0 Å². The molecule has 6 nitrogen and oxygen atoms in total. The number of ether oxygens (including phenoxy) is 1. The van der Waals surface area contributed by atoms with Crippen molar-refractivity contribution in [1.82, 2.24) is 0 Å². The van der Waals surface area contributed by atoms with Gasteiger partial charge in [-0.2, -0.15) is 0 Å². The number of hydrogen-bond donors (Lipinski definition) is 3. The van der Waals surface area contributed by atoms with Gasteiger partial charge in [-0.05, 0) is 18.2 Å². The lowest BCUT2D eigenvalue weighted by Gasteiger charge is -2.16. The maximum atomic E-state index is 11.2. The minimum atomic E-state index is -1.10. The topological polar surface area (TPSA) is 102 Å². The normalized spacial score (nSPS) is 11.9. The molecule has 0 spiro atoms. The molecule has 7 heteroatoms. The van der Waals surface area contributed by atoms with Crippen molar-refractivity contribution in [2.45, 2.75) is 6.04 Å². The molecule has 0 heterocycles. The second-order valence-corrected chi connectivity index (χ2v) is 3.98. The number of carboxylic acids is 1. The van der Waals surface area contributed by atoms with Crippen LogP contribution in [-0.2, 0) is 9.53 Å². The first kappa shape index (κ1) is 14.3. The molecule has 0 aliphatic carbocycles. The van der Waals surface area contributed by atoms with Gasteiger partial charge in [0.25, 0.3) is 5.91 Å². The Kier molecular flexibility index (Phi) is 4.94. The summed E-state index contributed by atoms with van der Waals surface area (Å²) in [5.41, 5.74) is 5.62. The molecule has 0 saturated heterocycles. The van der Waals surface area contributed by atoms with Crippen LogP contribution in [0.2, 0.25) is 5.02 Å². The van der Waals surface area contributed by atoms with Crippen LogP contribution in [0.15, 0.2) is 18.2 Å². The molecule has 1 aromatic rings. The molecule has 0 radical (unpaired) electrons. The number of nitrogens with one attached hydrogen (secondary N) is 1. The zero-order valence-corrected chi connectivity index (χ0v) is 10.4. The zero-order chi connectivity index (χ0) is 13.7. The number of carbonyl (C=O) groups is 2. The number of benzene rings is 1. The summed E-state index contributed by atoms with van der Waals surface area (Å²) in [7, 11) is 1.38. The van der Waals surface area contributed by atoms with Crippen LogP contribution in [0.3, 0.4) is 0 Å². The number of rotatable bonds is 6. The van der Waals surface area contributed by atoms with Crippen LogP contribution >= 0.6 is 11.6 Å². The minimum absolute atomic E-state index is 0.0455. The van der Waals surface area contributed by atoms with Crippen molar-refractivity contribution in [3.8, 4) is 0 Å². The van der Waals surface area contributed by atoms with Gasteiger partial charge in [0.15, 0.2) is 0 Å². The van der Waals surface area contributed by atoms with E-state index in [2.05, 4.69) is 5.32 Å². The molecular formula is C11H13ClN2O4. The van der Waals surface area contributed by atoms with E-state index in [4.69, 9.17) is 27.2 Å². The molecule has 1 unspecified atom stereocenters. The van der Waals surface area contributed by atoms with Crippen LogP contribution in [0.25, 0.3) is 0 Å². The second-order valence-electron chi connectivity index (χ2n) is 3.54. The summed E-state index contributed by atoms with van der Waals surface area (Å²) >= 11 is 5.74. The molecule has 1 atom stereocenters. The molecule has 1 amide bonds. The summed E-state index contributed by atoms with van der Waals surface area (Å²) in [5, 5.41) is 12.0. The fourth-order valence-corrected chi connectivity index (χ4v) is 1.55. The minimum Gasteiger partial charge on any atom is -0.480 e. The number of aliphatic carboxylic acids is 1. The summed E-state index contributed by atoms with van der Waals surface area (Å²) in [6.45, 7) is -0.0455. The lowest BCUT2D eigenvalue weighted by atomic mass is 10.1. The second kappa shape index (κ2) is 6.23. The number of nitrogens with two attached hydrogens (primary N) is 1.